The maximum Gasteiger partial charge on any atom is 0.332 e. The molecule has 1 unspecified atom stereocenters. The van der Waals surface area contributed by atoms with Crippen LogP contribution in [0, 0.1) is 11.7 Å². The molecule has 4 amide bonds. The highest BCUT2D eigenvalue weighted by Gasteiger charge is 2.46. The minimum atomic E-state index is -0.928. The number of rotatable bonds is 8. The van der Waals surface area contributed by atoms with E-state index in [0.29, 0.717) is 24.6 Å². The van der Waals surface area contributed by atoms with Gasteiger partial charge in [0, 0.05) is 12.2 Å². The fraction of sp³-hybridized carbons (Fsp3) is 0.348. The molecule has 1 N–H and O–H groups in total. The molecule has 0 spiro atoms. The summed E-state index contributed by atoms with van der Waals surface area (Å²) in [6, 6.07) is 10.6. The van der Waals surface area contributed by atoms with E-state index < -0.39 is 23.8 Å². The van der Waals surface area contributed by atoms with Crippen molar-refractivity contribution in [1.82, 2.24) is 4.90 Å². The van der Waals surface area contributed by atoms with Crippen LogP contribution >= 0.6 is 0 Å². The van der Waals surface area contributed by atoms with Gasteiger partial charge >= 0.3 is 6.03 Å². The number of nitrogens with zero attached hydrogens (tertiary/aromatic N) is 2. The zero-order chi connectivity index (χ0) is 22.5. The molecule has 2 aromatic rings. The second kappa shape index (κ2) is 9.59. The third-order valence-corrected chi connectivity index (χ3v) is 4.79. The van der Waals surface area contributed by atoms with Gasteiger partial charge in [-0.1, -0.05) is 13.8 Å². The number of benzene rings is 2. The molecule has 1 aliphatic heterocycles. The van der Waals surface area contributed by atoms with Crippen LogP contribution in [0.1, 0.15) is 27.2 Å². The minimum Gasteiger partial charge on any atom is -0.494 e. The molecule has 1 saturated heterocycles. The normalized spacial score (nSPS) is 16.2. The lowest BCUT2D eigenvalue weighted by molar-refractivity contribution is -0.124. The van der Waals surface area contributed by atoms with E-state index in [2.05, 4.69) is 5.32 Å². The van der Waals surface area contributed by atoms with Gasteiger partial charge in [0.25, 0.3) is 5.91 Å². The van der Waals surface area contributed by atoms with Gasteiger partial charge in [-0.2, -0.15) is 0 Å². The number of hydrogen-bond donors (Lipinski definition) is 1. The number of halogens is 1. The topological polar surface area (TPSA) is 79.0 Å². The van der Waals surface area contributed by atoms with Gasteiger partial charge in [0.2, 0.25) is 5.91 Å². The average molecular weight is 427 g/mol. The summed E-state index contributed by atoms with van der Waals surface area (Å²) < 4.78 is 18.7. The second-order valence-corrected chi connectivity index (χ2v) is 7.70. The van der Waals surface area contributed by atoms with Crippen LogP contribution in [-0.2, 0) is 9.59 Å². The predicted octanol–water partition coefficient (Wildman–Crippen LogP) is 4.05. The summed E-state index contributed by atoms with van der Waals surface area (Å²) in [5.74, 6) is -0.561. The first-order valence-electron chi connectivity index (χ1n) is 10.2. The quantitative estimate of drug-likeness (QED) is 0.645. The summed E-state index contributed by atoms with van der Waals surface area (Å²) in [5, 5.41) is 2.76. The Bertz CT molecular complexity index is 944. The van der Waals surface area contributed by atoms with Crippen LogP contribution in [0.2, 0.25) is 0 Å². The lowest BCUT2D eigenvalue weighted by Gasteiger charge is -2.23. The number of amides is 4. The van der Waals surface area contributed by atoms with Gasteiger partial charge in [0.1, 0.15) is 17.6 Å². The molecule has 1 atom stereocenters. The summed E-state index contributed by atoms with van der Waals surface area (Å²) in [4.78, 5) is 41.1. The molecule has 2 aromatic carbocycles. The molecule has 31 heavy (non-hydrogen) atoms. The zero-order valence-corrected chi connectivity index (χ0v) is 17.8. The van der Waals surface area contributed by atoms with Crippen LogP contribution in [0.25, 0.3) is 0 Å². The number of carbonyl (C=O) groups is 3. The molecule has 164 valence electrons. The number of carbonyl (C=O) groups excluding carboxylic acids is 3. The Morgan fingerprint density at radius 1 is 1.10 bits per heavy atom. The SMILES string of the molecule is CCOc1ccc(NC(=O)CC2C(=O)N(c3ccc(F)cc3)C(=O)N2CC(C)C)cc1. The second-order valence-electron chi connectivity index (χ2n) is 7.70. The molecule has 0 aliphatic carbocycles. The number of imide groups is 1. The molecule has 1 heterocycles. The van der Waals surface area contributed by atoms with E-state index in [-0.39, 0.29) is 23.9 Å². The van der Waals surface area contributed by atoms with E-state index in [4.69, 9.17) is 4.74 Å². The van der Waals surface area contributed by atoms with Gasteiger partial charge in [-0.3, -0.25) is 9.59 Å². The molecule has 0 saturated carbocycles. The largest absolute Gasteiger partial charge is 0.494 e. The molecule has 0 aromatic heterocycles. The first kappa shape index (κ1) is 22.3. The smallest absolute Gasteiger partial charge is 0.332 e. The van der Waals surface area contributed by atoms with Crippen molar-refractivity contribution >= 4 is 29.2 Å². The van der Waals surface area contributed by atoms with E-state index in [1.165, 1.54) is 29.2 Å². The van der Waals surface area contributed by atoms with Crippen LogP contribution in [0.15, 0.2) is 48.5 Å². The number of urea groups is 1. The van der Waals surface area contributed by atoms with Crippen LogP contribution in [0.3, 0.4) is 0 Å². The third kappa shape index (κ3) is 5.20. The van der Waals surface area contributed by atoms with E-state index in [9.17, 15) is 18.8 Å². The Hall–Kier alpha value is -3.42. The Kier molecular flexibility index (Phi) is 6.89. The van der Waals surface area contributed by atoms with Crippen LogP contribution in [-0.4, -0.2) is 41.9 Å². The lowest BCUT2D eigenvalue weighted by Crippen LogP contribution is -2.40. The zero-order valence-electron chi connectivity index (χ0n) is 17.8. The molecule has 8 heteroatoms. The van der Waals surface area contributed by atoms with Crippen molar-refractivity contribution in [3.05, 3.63) is 54.3 Å². The summed E-state index contributed by atoms with van der Waals surface area (Å²) in [6.07, 6.45) is -0.178. The monoisotopic (exact) mass is 427 g/mol. The Morgan fingerprint density at radius 3 is 2.32 bits per heavy atom. The molecule has 1 fully saturated rings. The van der Waals surface area contributed by atoms with E-state index in [1.54, 1.807) is 24.3 Å². The Labute approximate surface area is 180 Å². The van der Waals surface area contributed by atoms with Crippen molar-refractivity contribution < 1.29 is 23.5 Å². The third-order valence-electron chi connectivity index (χ3n) is 4.79. The highest BCUT2D eigenvalue weighted by Crippen LogP contribution is 2.28. The highest BCUT2D eigenvalue weighted by molar-refractivity contribution is 6.22. The van der Waals surface area contributed by atoms with E-state index in [1.807, 2.05) is 20.8 Å². The molecule has 0 radical (unpaired) electrons. The average Bonchev–Trinajstić information content (AvgIpc) is 2.94. The standard InChI is InChI=1S/C23H26FN3O4/c1-4-31-19-11-7-17(8-12-19)25-21(28)13-20-22(29)27(18-9-5-16(24)6-10-18)23(30)26(20)14-15(2)3/h5-12,15,20H,4,13-14H2,1-3H3,(H,25,28). The maximum absolute atomic E-state index is 13.3. The van der Waals surface area contributed by atoms with E-state index >= 15 is 0 Å². The molecule has 7 nitrogen and oxygen atoms in total. The summed E-state index contributed by atoms with van der Waals surface area (Å²) >= 11 is 0. The number of ether oxygens (including phenoxy) is 1. The number of hydrogen-bond acceptors (Lipinski definition) is 4. The number of nitrogens with one attached hydrogen (secondary N) is 1. The lowest BCUT2D eigenvalue weighted by atomic mass is 10.1. The van der Waals surface area contributed by atoms with E-state index in [0.717, 1.165) is 4.90 Å². The Morgan fingerprint density at radius 2 is 1.74 bits per heavy atom. The van der Waals surface area contributed by atoms with Crippen molar-refractivity contribution in [3.8, 4) is 5.75 Å². The van der Waals surface area contributed by atoms with Gasteiger partial charge in [0.05, 0.1) is 18.7 Å². The van der Waals surface area contributed by atoms with Crippen molar-refractivity contribution in [2.45, 2.75) is 33.2 Å². The van der Waals surface area contributed by atoms with Gasteiger partial charge < -0.3 is 15.0 Å². The molecular weight excluding hydrogens is 401 g/mol. The van der Waals surface area contributed by atoms with Crippen molar-refractivity contribution in [3.63, 3.8) is 0 Å². The maximum atomic E-state index is 13.3. The van der Waals surface area contributed by atoms with Crippen molar-refractivity contribution in [1.29, 1.82) is 0 Å². The first-order valence-corrected chi connectivity index (χ1v) is 10.2. The fourth-order valence-corrected chi connectivity index (χ4v) is 3.45. The van der Waals surface area contributed by atoms with Crippen LogP contribution < -0.4 is 15.0 Å². The van der Waals surface area contributed by atoms with Gasteiger partial charge in [-0.05, 0) is 61.4 Å². The van der Waals surface area contributed by atoms with Gasteiger partial charge in [-0.15, -0.1) is 0 Å². The van der Waals surface area contributed by atoms with Crippen molar-refractivity contribution in [2.24, 2.45) is 5.92 Å². The molecule has 1 aliphatic rings. The van der Waals surface area contributed by atoms with Crippen LogP contribution in [0.5, 0.6) is 5.75 Å². The fourth-order valence-electron chi connectivity index (χ4n) is 3.45. The Balaban J connectivity index is 1.76. The minimum absolute atomic E-state index is 0.0987. The highest BCUT2D eigenvalue weighted by atomic mass is 19.1. The first-order chi connectivity index (χ1) is 14.8. The van der Waals surface area contributed by atoms with Crippen LogP contribution in [0.4, 0.5) is 20.6 Å². The van der Waals surface area contributed by atoms with Crippen molar-refractivity contribution in [2.75, 3.05) is 23.4 Å². The molecule has 0 bridgehead atoms. The summed E-state index contributed by atoms with van der Waals surface area (Å²) in [6.45, 7) is 6.60. The van der Waals surface area contributed by atoms with Gasteiger partial charge in [0.15, 0.2) is 0 Å². The summed E-state index contributed by atoms with van der Waals surface area (Å²) in [5.41, 5.74) is 0.843. The van der Waals surface area contributed by atoms with Gasteiger partial charge in [-0.25, -0.2) is 14.1 Å². The number of anilines is 2. The molecule has 3 rings (SSSR count). The summed E-state index contributed by atoms with van der Waals surface area (Å²) in [7, 11) is 0. The molecular formula is C23H26FN3O4. The predicted molar refractivity (Wildman–Crippen MR) is 115 cm³/mol.